The number of ether oxygens (including phenoxy) is 1. The highest BCUT2D eigenvalue weighted by Gasteiger charge is 2.06. The van der Waals surface area contributed by atoms with Gasteiger partial charge in [-0.3, -0.25) is 0 Å². The monoisotopic (exact) mass is 163 g/mol. The zero-order valence-electron chi connectivity index (χ0n) is 7.05. The zero-order chi connectivity index (χ0) is 8.81. The summed E-state index contributed by atoms with van der Waals surface area (Å²) in [6.45, 7) is 8.81. The molecule has 1 N–H and O–H groups in total. The van der Waals surface area contributed by atoms with Crippen LogP contribution in [0.2, 0.25) is 0 Å². The van der Waals surface area contributed by atoms with Gasteiger partial charge in [0.1, 0.15) is 12.4 Å². The van der Waals surface area contributed by atoms with Gasteiger partial charge in [0.25, 0.3) is 0 Å². The second-order valence-corrected chi connectivity index (χ2v) is 2.35. The van der Waals surface area contributed by atoms with E-state index in [1.807, 2.05) is 12.2 Å². The maximum absolute atomic E-state index is 5.39. The van der Waals surface area contributed by atoms with Gasteiger partial charge in [-0.1, -0.05) is 25.3 Å². The smallest absolute Gasteiger partial charge is 0.142 e. The molecule has 2 heteroatoms. The van der Waals surface area contributed by atoms with E-state index >= 15 is 0 Å². The average molecular weight is 163 g/mol. The number of hydrogen-bond acceptors (Lipinski definition) is 2. The summed E-state index contributed by atoms with van der Waals surface area (Å²) < 4.78 is 5.39. The third kappa shape index (κ3) is 2.02. The van der Waals surface area contributed by atoms with Crippen LogP contribution >= 0.6 is 0 Å². The normalized spacial score (nSPS) is 17.0. The van der Waals surface area contributed by atoms with E-state index in [2.05, 4.69) is 18.5 Å². The van der Waals surface area contributed by atoms with Gasteiger partial charge in [-0.25, -0.2) is 0 Å². The number of hydrogen-bond donors (Lipinski definition) is 1. The average Bonchev–Trinajstić information content (AvgIpc) is 2.15. The highest BCUT2D eigenvalue weighted by molar-refractivity contribution is 5.29. The van der Waals surface area contributed by atoms with E-state index in [0.717, 1.165) is 18.0 Å². The summed E-state index contributed by atoms with van der Waals surface area (Å²) in [4.78, 5) is 0. The SMILES string of the molecule is C=C/C=C\C1=C(C=C)NCCO1. The summed E-state index contributed by atoms with van der Waals surface area (Å²) in [5.41, 5.74) is 0.944. The fourth-order valence-electron chi connectivity index (χ4n) is 0.978. The van der Waals surface area contributed by atoms with E-state index in [1.165, 1.54) is 0 Å². The Kier molecular flexibility index (Phi) is 3.20. The molecule has 1 aliphatic heterocycles. The minimum atomic E-state index is 0.703. The molecule has 0 saturated carbocycles. The highest BCUT2D eigenvalue weighted by Crippen LogP contribution is 2.10. The third-order valence-corrected chi connectivity index (χ3v) is 1.53. The molecule has 0 aromatic carbocycles. The van der Waals surface area contributed by atoms with Crippen molar-refractivity contribution in [3.8, 4) is 0 Å². The first-order chi connectivity index (χ1) is 5.88. The standard InChI is InChI=1S/C10H13NO/c1-3-5-6-10-9(4-2)11-7-8-12-10/h3-6,11H,1-2,7-8H2/b6-5-. The summed E-state index contributed by atoms with van der Waals surface area (Å²) in [5, 5.41) is 3.18. The van der Waals surface area contributed by atoms with Crippen molar-refractivity contribution in [2.24, 2.45) is 0 Å². The molecule has 1 heterocycles. The number of rotatable bonds is 3. The molecule has 0 fully saturated rings. The van der Waals surface area contributed by atoms with E-state index < -0.39 is 0 Å². The molecule has 0 bridgehead atoms. The minimum Gasteiger partial charge on any atom is -0.490 e. The van der Waals surface area contributed by atoms with Gasteiger partial charge < -0.3 is 10.1 Å². The van der Waals surface area contributed by atoms with E-state index in [9.17, 15) is 0 Å². The summed E-state index contributed by atoms with van der Waals surface area (Å²) in [6.07, 6.45) is 7.18. The molecule has 0 aromatic heterocycles. The zero-order valence-corrected chi connectivity index (χ0v) is 7.05. The molecule has 1 rings (SSSR count). The molecule has 0 radical (unpaired) electrons. The van der Waals surface area contributed by atoms with Crippen molar-refractivity contribution in [3.05, 3.63) is 48.9 Å². The second-order valence-electron chi connectivity index (χ2n) is 2.35. The van der Waals surface area contributed by atoms with Gasteiger partial charge in [-0.2, -0.15) is 0 Å². The maximum Gasteiger partial charge on any atom is 0.142 e. The lowest BCUT2D eigenvalue weighted by Gasteiger charge is -2.18. The van der Waals surface area contributed by atoms with Crippen LogP contribution in [0.15, 0.2) is 48.9 Å². The van der Waals surface area contributed by atoms with Crippen molar-refractivity contribution >= 4 is 0 Å². The Morgan fingerprint density at radius 3 is 2.92 bits per heavy atom. The van der Waals surface area contributed by atoms with Gasteiger partial charge in [0.05, 0.1) is 5.70 Å². The molecule has 64 valence electrons. The number of allylic oxidation sites excluding steroid dienone is 4. The van der Waals surface area contributed by atoms with E-state index in [1.54, 1.807) is 12.2 Å². The largest absolute Gasteiger partial charge is 0.490 e. The van der Waals surface area contributed by atoms with Crippen LogP contribution in [0.3, 0.4) is 0 Å². The molecule has 1 aliphatic rings. The molecule has 0 spiro atoms. The number of nitrogens with one attached hydrogen (secondary N) is 1. The molecule has 0 aliphatic carbocycles. The predicted molar refractivity (Wildman–Crippen MR) is 50.5 cm³/mol. The Hall–Kier alpha value is -1.44. The summed E-state index contributed by atoms with van der Waals surface area (Å²) in [5.74, 6) is 0.830. The van der Waals surface area contributed by atoms with Crippen molar-refractivity contribution in [1.29, 1.82) is 0 Å². The van der Waals surface area contributed by atoms with Crippen molar-refractivity contribution in [3.63, 3.8) is 0 Å². The van der Waals surface area contributed by atoms with Gasteiger partial charge in [0.15, 0.2) is 0 Å². The Morgan fingerprint density at radius 2 is 2.25 bits per heavy atom. The van der Waals surface area contributed by atoms with Gasteiger partial charge in [0.2, 0.25) is 0 Å². The summed E-state index contributed by atoms with van der Waals surface area (Å²) in [7, 11) is 0. The summed E-state index contributed by atoms with van der Waals surface area (Å²) in [6, 6.07) is 0. The van der Waals surface area contributed by atoms with Crippen LogP contribution in [-0.4, -0.2) is 13.2 Å². The topological polar surface area (TPSA) is 21.3 Å². The van der Waals surface area contributed by atoms with Crippen molar-refractivity contribution < 1.29 is 4.74 Å². The van der Waals surface area contributed by atoms with Crippen LogP contribution in [0.1, 0.15) is 0 Å². The molecule has 0 amide bonds. The molecular weight excluding hydrogens is 150 g/mol. The fraction of sp³-hybridized carbons (Fsp3) is 0.200. The Labute approximate surface area is 72.9 Å². The van der Waals surface area contributed by atoms with E-state index in [4.69, 9.17) is 4.74 Å². The van der Waals surface area contributed by atoms with Gasteiger partial charge in [-0.05, 0) is 12.2 Å². The first kappa shape index (κ1) is 8.65. The molecule has 2 nitrogen and oxygen atoms in total. The quantitative estimate of drug-likeness (QED) is 0.640. The first-order valence-electron chi connectivity index (χ1n) is 3.91. The third-order valence-electron chi connectivity index (χ3n) is 1.53. The van der Waals surface area contributed by atoms with E-state index in [0.29, 0.717) is 6.61 Å². The van der Waals surface area contributed by atoms with Gasteiger partial charge in [-0.15, -0.1) is 0 Å². The Balaban J connectivity index is 2.79. The lowest BCUT2D eigenvalue weighted by atomic mass is 10.3. The molecule has 0 saturated heterocycles. The molecule has 0 unspecified atom stereocenters. The van der Waals surface area contributed by atoms with Gasteiger partial charge in [0, 0.05) is 6.54 Å². The van der Waals surface area contributed by atoms with E-state index in [-0.39, 0.29) is 0 Å². The van der Waals surface area contributed by atoms with Crippen LogP contribution in [-0.2, 0) is 4.74 Å². The lowest BCUT2D eigenvalue weighted by molar-refractivity contribution is 0.206. The van der Waals surface area contributed by atoms with Crippen molar-refractivity contribution in [1.82, 2.24) is 5.32 Å². The fourth-order valence-corrected chi connectivity index (χ4v) is 0.978. The first-order valence-corrected chi connectivity index (χ1v) is 3.91. The molecule has 0 aromatic rings. The molecule has 0 atom stereocenters. The second kappa shape index (κ2) is 4.44. The minimum absolute atomic E-state index is 0.703. The van der Waals surface area contributed by atoms with Crippen LogP contribution in [0, 0.1) is 0 Å². The Bertz CT molecular complexity index is 238. The van der Waals surface area contributed by atoms with Crippen LogP contribution in [0.5, 0.6) is 0 Å². The van der Waals surface area contributed by atoms with Crippen LogP contribution in [0.4, 0.5) is 0 Å². The predicted octanol–water partition coefficient (Wildman–Crippen LogP) is 1.75. The van der Waals surface area contributed by atoms with Crippen LogP contribution in [0.25, 0.3) is 0 Å². The highest BCUT2D eigenvalue weighted by atomic mass is 16.5. The van der Waals surface area contributed by atoms with Crippen LogP contribution < -0.4 is 5.32 Å². The molecular formula is C10H13NO. The maximum atomic E-state index is 5.39. The van der Waals surface area contributed by atoms with Gasteiger partial charge >= 0.3 is 0 Å². The van der Waals surface area contributed by atoms with Crippen molar-refractivity contribution in [2.75, 3.05) is 13.2 Å². The summed E-state index contributed by atoms with van der Waals surface area (Å²) >= 11 is 0. The molecule has 12 heavy (non-hydrogen) atoms. The Morgan fingerprint density at radius 1 is 1.42 bits per heavy atom. The van der Waals surface area contributed by atoms with Crippen molar-refractivity contribution in [2.45, 2.75) is 0 Å². The lowest BCUT2D eigenvalue weighted by Crippen LogP contribution is -2.25.